The van der Waals surface area contributed by atoms with E-state index in [0.29, 0.717) is 43.5 Å². The first kappa shape index (κ1) is 29.3. The highest BCUT2D eigenvalue weighted by molar-refractivity contribution is 8.00. The van der Waals surface area contributed by atoms with E-state index < -0.39 is 39.7 Å². The molecule has 6 rings (SSSR count). The molecule has 0 bridgehead atoms. The van der Waals surface area contributed by atoms with Crippen molar-refractivity contribution in [3.05, 3.63) is 96.9 Å². The van der Waals surface area contributed by atoms with Gasteiger partial charge in [-0.15, -0.1) is 0 Å². The monoisotopic (exact) mass is 655 g/mol. The molecule has 0 radical (unpaired) electrons. The lowest BCUT2D eigenvalue weighted by Crippen LogP contribution is -2.33. The number of anilines is 2. The molecule has 43 heavy (non-hydrogen) atoms. The number of hydrogen-bond donors (Lipinski definition) is 2. The SMILES string of the molecule is CCOc1cc([C@@H]2c3sc(=O)n(CC(=O)Nc4ccc(Cl)cc4)c3SC3C(=O)N(c4ccc(Cl)cc4)C(=O)C32)ccc1O. The van der Waals surface area contributed by atoms with E-state index in [1.54, 1.807) is 67.6 Å². The summed E-state index contributed by atoms with van der Waals surface area (Å²) >= 11 is 14.0. The zero-order chi connectivity index (χ0) is 30.4. The van der Waals surface area contributed by atoms with Crippen molar-refractivity contribution in [2.24, 2.45) is 5.92 Å². The number of rotatable bonds is 7. The number of benzene rings is 3. The van der Waals surface area contributed by atoms with Gasteiger partial charge in [-0.3, -0.25) is 23.7 Å². The maximum atomic E-state index is 14.0. The maximum Gasteiger partial charge on any atom is 0.308 e. The summed E-state index contributed by atoms with van der Waals surface area (Å²) in [5.41, 5.74) is 1.49. The third-order valence-corrected chi connectivity index (χ3v) is 10.3. The molecule has 220 valence electrons. The predicted molar refractivity (Wildman–Crippen MR) is 167 cm³/mol. The molecule has 3 aromatic carbocycles. The Labute approximate surface area is 264 Å². The number of aromatic hydroxyl groups is 1. The minimum Gasteiger partial charge on any atom is -0.504 e. The minimum absolute atomic E-state index is 0.0752. The largest absolute Gasteiger partial charge is 0.504 e. The summed E-state index contributed by atoms with van der Waals surface area (Å²) in [5, 5.41) is 13.7. The number of nitrogens with zero attached hydrogens (tertiary/aromatic N) is 2. The summed E-state index contributed by atoms with van der Waals surface area (Å²) in [6.07, 6.45) is 0. The van der Waals surface area contributed by atoms with E-state index in [-0.39, 0.29) is 18.0 Å². The number of imide groups is 1. The van der Waals surface area contributed by atoms with E-state index in [2.05, 4.69) is 5.32 Å². The quantitative estimate of drug-likeness (QED) is 0.243. The Morgan fingerprint density at radius 1 is 0.977 bits per heavy atom. The first-order valence-corrected chi connectivity index (χ1v) is 15.7. The Kier molecular flexibility index (Phi) is 7.99. The fourth-order valence-corrected chi connectivity index (χ4v) is 8.36. The van der Waals surface area contributed by atoms with E-state index in [1.165, 1.54) is 10.6 Å². The molecule has 2 unspecified atom stereocenters. The molecule has 2 aliphatic rings. The van der Waals surface area contributed by atoms with Crippen LogP contribution in [0.5, 0.6) is 11.5 Å². The molecular weight excluding hydrogens is 633 g/mol. The van der Waals surface area contributed by atoms with Gasteiger partial charge in [-0.05, 0) is 73.2 Å². The van der Waals surface area contributed by atoms with Crippen LogP contribution in [0.1, 0.15) is 23.3 Å². The Morgan fingerprint density at radius 2 is 1.65 bits per heavy atom. The first-order chi connectivity index (χ1) is 20.7. The Hall–Kier alpha value is -3.77. The molecule has 13 heteroatoms. The molecule has 2 N–H and O–H groups in total. The van der Waals surface area contributed by atoms with Gasteiger partial charge >= 0.3 is 4.87 Å². The van der Waals surface area contributed by atoms with Gasteiger partial charge in [-0.1, -0.05) is 52.4 Å². The molecule has 9 nitrogen and oxygen atoms in total. The highest BCUT2D eigenvalue weighted by Gasteiger charge is 2.57. The van der Waals surface area contributed by atoms with Crippen LogP contribution in [0.4, 0.5) is 11.4 Å². The van der Waals surface area contributed by atoms with Gasteiger partial charge in [-0.2, -0.15) is 0 Å². The zero-order valence-electron chi connectivity index (χ0n) is 22.5. The summed E-state index contributed by atoms with van der Waals surface area (Å²) in [5.74, 6) is -2.71. The Morgan fingerprint density at radius 3 is 2.33 bits per heavy atom. The predicted octanol–water partition coefficient (Wildman–Crippen LogP) is 5.76. The zero-order valence-corrected chi connectivity index (χ0v) is 25.6. The van der Waals surface area contributed by atoms with E-state index in [9.17, 15) is 24.3 Å². The van der Waals surface area contributed by atoms with Crippen molar-refractivity contribution >= 4 is 75.4 Å². The van der Waals surface area contributed by atoms with Gasteiger partial charge in [0.05, 0.1) is 23.2 Å². The number of fused-ring (bicyclic) bond motifs is 2. The van der Waals surface area contributed by atoms with E-state index in [4.69, 9.17) is 27.9 Å². The van der Waals surface area contributed by atoms with Crippen molar-refractivity contribution in [3.63, 3.8) is 0 Å². The topological polar surface area (TPSA) is 118 Å². The molecule has 0 aliphatic carbocycles. The number of phenolic OH excluding ortho intramolecular Hbond substituents is 1. The molecule has 1 aromatic heterocycles. The first-order valence-electron chi connectivity index (χ1n) is 13.2. The second-order valence-electron chi connectivity index (χ2n) is 9.87. The van der Waals surface area contributed by atoms with Gasteiger partial charge in [0, 0.05) is 26.5 Å². The lowest BCUT2D eigenvalue weighted by molar-refractivity contribution is -0.122. The second kappa shape index (κ2) is 11.7. The van der Waals surface area contributed by atoms with Crippen LogP contribution in [0.3, 0.4) is 0 Å². The van der Waals surface area contributed by atoms with E-state index in [1.807, 2.05) is 0 Å². The molecule has 1 fully saturated rings. The van der Waals surface area contributed by atoms with Crippen molar-refractivity contribution in [3.8, 4) is 11.5 Å². The van der Waals surface area contributed by atoms with Crippen molar-refractivity contribution in [2.75, 3.05) is 16.8 Å². The lowest BCUT2D eigenvalue weighted by atomic mass is 9.83. The fourth-order valence-electron chi connectivity index (χ4n) is 5.33. The van der Waals surface area contributed by atoms with Crippen LogP contribution in [0.2, 0.25) is 10.0 Å². The highest BCUT2D eigenvalue weighted by atomic mass is 35.5. The van der Waals surface area contributed by atoms with Gasteiger partial charge < -0.3 is 15.2 Å². The van der Waals surface area contributed by atoms with Crippen LogP contribution in [0.15, 0.2) is 76.6 Å². The smallest absolute Gasteiger partial charge is 0.308 e. The standard InChI is InChI=1S/C30H23Cl2N3O6S2/c1-2-41-21-13-15(3-12-20(21)36)23-24-25(28(39)35(27(24)38)19-10-6-17(32)7-11-19)42-29-26(23)43-30(40)34(29)14-22(37)33-18-8-4-16(31)5-9-18/h3-13,23-25,36H,2,14H2,1H3,(H,33,37)/t23-,24?,25?/m0/s1. The van der Waals surface area contributed by atoms with Gasteiger partial charge in [0.1, 0.15) is 11.8 Å². The summed E-state index contributed by atoms with van der Waals surface area (Å²) < 4.78 is 6.95. The average Bonchev–Trinajstić information content (AvgIpc) is 3.42. The summed E-state index contributed by atoms with van der Waals surface area (Å²) in [6, 6.07) is 17.7. The number of carbonyl (C=O) groups excluding carboxylic acids is 3. The third kappa shape index (κ3) is 5.42. The van der Waals surface area contributed by atoms with Gasteiger partial charge in [0.2, 0.25) is 17.7 Å². The van der Waals surface area contributed by atoms with Gasteiger partial charge in [0.25, 0.3) is 0 Å². The summed E-state index contributed by atoms with van der Waals surface area (Å²) in [4.78, 5) is 55.6. The number of hydrogen-bond acceptors (Lipinski definition) is 8. The number of phenols is 1. The molecule has 3 atom stereocenters. The van der Waals surface area contributed by atoms with Crippen molar-refractivity contribution in [1.29, 1.82) is 0 Å². The molecule has 0 spiro atoms. The Bertz CT molecular complexity index is 1810. The minimum atomic E-state index is -0.871. The third-order valence-electron chi connectivity index (χ3n) is 7.21. The molecule has 2 aliphatic heterocycles. The average molecular weight is 657 g/mol. The fraction of sp³-hybridized carbons (Fsp3) is 0.200. The number of nitrogens with one attached hydrogen (secondary N) is 1. The van der Waals surface area contributed by atoms with Crippen LogP contribution < -0.4 is 19.8 Å². The summed E-state index contributed by atoms with van der Waals surface area (Å²) in [7, 11) is 0. The number of ether oxygens (including phenoxy) is 1. The molecule has 1 saturated heterocycles. The van der Waals surface area contributed by atoms with Gasteiger partial charge in [-0.25, -0.2) is 4.90 Å². The molecule has 4 aromatic rings. The van der Waals surface area contributed by atoms with Crippen LogP contribution in [0, 0.1) is 5.92 Å². The number of thioether (sulfide) groups is 1. The normalized spacial score (nSPS) is 19.2. The number of carbonyl (C=O) groups is 3. The van der Waals surface area contributed by atoms with Crippen LogP contribution in [-0.4, -0.2) is 39.3 Å². The number of aromatic nitrogens is 1. The molecule has 3 heterocycles. The highest BCUT2D eigenvalue weighted by Crippen LogP contribution is 2.54. The number of halogens is 2. The molecule has 0 saturated carbocycles. The van der Waals surface area contributed by atoms with Gasteiger partial charge in [0.15, 0.2) is 11.5 Å². The molecule has 3 amide bonds. The van der Waals surface area contributed by atoms with Crippen LogP contribution >= 0.6 is 46.3 Å². The number of amides is 3. The number of thiazole rings is 1. The lowest BCUT2D eigenvalue weighted by Gasteiger charge is -2.31. The van der Waals surface area contributed by atoms with Crippen LogP contribution in [0.25, 0.3) is 0 Å². The van der Waals surface area contributed by atoms with Crippen molar-refractivity contribution in [2.45, 2.75) is 29.7 Å². The van der Waals surface area contributed by atoms with Crippen LogP contribution in [-0.2, 0) is 20.9 Å². The second-order valence-corrected chi connectivity index (χ2v) is 12.9. The van der Waals surface area contributed by atoms with Crippen molar-refractivity contribution in [1.82, 2.24) is 4.57 Å². The molecular formula is C30H23Cl2N3O6S2. The van der Waals surface area contributed by atoms with Crippen molar-refractivity contribution < 1.29 is 24.2 Å². The van der Waals surface area contributed by atoms with E-state index >= 15 is 0 Å². The van der Waals surface area contributed by atoms with E-state index in [0.717, 1.165) is 28.0 Å². The Balaban J connectivity index is 1.43. The maximum absolute atomic E-state index is 14.0. The summed E-state index contributed by atoms with van der Waals surface area (Å²) in [6.45, 7) is 1.78.